The third-order valence-corrected chi connectivity index (χ3v) is 6.88. The van der Waals surface area contributed by atoms with Crippen LogP contribution >= 0.6 is 0 Å². The lowest BCUT2D eigenvalue weighted by molar-refractivity contribution is -0.132. The maximum Gasteiger partial charge on any atom is 0.300 e. The summed E-state index contributed by atoms with van der Waals surface area (Å²) >= 11 is 0. The second-order valence-corrected chi connectivity index (χ2v) is 9.61. The van der Waals surface area contributed by atoms with E-state index in [-0.39, 0.29) is 17.3 Å². The number of carbonyl (C=O) groups is 2. The van der Waals surface area contributed by atoms with Crippen molar-refractivity contribution in [2.24, 2.45) is 0 Å². The molecule has 1 atom stereocenters. The Bertz CT molecular complexity index is 1440. The fourth-order valence-corrected chi connectivity index (χ4v) is 4.97. The second kappa shape index (κ2) is 10.7. The molecule has 1 amide bonds. The molecule has 8 heteroatoms. The first-order chi connectivity index (χ1) is 18.8. The summed E-state index contributed by atoms with van der Waals surface area (Å²) in [6, 6.07) is 16.6. The van der Waals surface area contributed by atoms with E-state index in [1.54, 1.807) is 61.7 Å². The van der Waals surface area contributed by atoms with Crippen molar-refractivity contribution >= 4 is 23.1 Å². The maximum absolute atomic E-state index is 13.6. The lowest BCUT2D eigenvalue weighted by atomic mass is 9.93. The molecule has 0 radical (unpaired) electrons. The molecule has 202 valence electrons. The predicted molar refractivity (Wildman–Crippen MR) is 147 cm³/mol. The number of aliphatic hydroxyl groups is 1. The van der Waals surface area contributed by atoms with E-state index in [2.05, 4.69) is 0 Å². The summed E-state index contributed by atoms with van der Waals surface area (Å²) < 4.78 is 22.4. The molecule has 0 bridgehead atoms. The fourth-order valence-electron chi connectivity index (χ4n) is 4.97. The average molecular weight is 530 g/mol. The molecule has 8 nitrogen and oxygen atoms in total. The van der Waals surface area contributed by atoms with Gasteiger partial charge in [0.25, 0.3) is 11.7 Å². The van der Waals surface area contributed by atoms with E-state index in [1.165, 1.54) is 4.90 Å². The van der Waals surface area contributed by atoms with E-state index in [1.807, 2.05) is 26.8 Å². The highest BCUT2D eigenvalue weighted by atomic mass is 16.6. The molecule has 5 rings (SSSR count). The van der Waals surface area contributed by atoms with E-state index in [0.717, 1.165) is 5.56 Å². The van der Waals surface area contributed by atoms with Crippen LogP contribution in [0.3, 0.4) is 0 Å². The van der Waals surface area contributed by atoms with E-state index in [0.29, 0.717) is 59.6 Å². The van der Waals surface area contributed by atoms with Crippen LogP contribution in [-0.4, -0.2) is 43.7 Å². The lowest BCUT2D eigenvalue weighted by Gasteiger charge is -2.27. The molecule has 2 heterocycles. The molecule has 2 aliphatic rings. The molecule has 1 unspecified atom stereocenters. The van der Waals surface area contributed by atoms with E-state index >= 15 is 0 Å². The number of carbonyl (C=O) groups excluding carboxylic acids is 2. The van der Waals surface area contributed by atoms with Crippen LogP contribution in [0.25, 0.3) is 5.76 Å². The zero-order valence-electron chi connectivity index (χ0n) is 22.4. The average Bonchev–Trinajstić information content (AvgIpc) is 3.22. The van der Waals surface area contributed by atoms with Crippen LogP contribution in [0.2, 0.25) is 0 Å². The van der Waals surface area contributed by atoms with E-state index in [4.69, 9.17) is 18.9 Å². The number of rotatable bonds is 7. The quantitative estimate of drug-likeness (QED) is 0.241. The van der Waals surface area contributed by atoms with Gasteiger partial charge in [-0.2, -0.15) is 0 Å². The van der Waals surface area contributed by atoms with Gasteiger partial charge >= 0.3 is 0 Å². The number of nitrogens with zero attached hydrogens (tertiary/aromatic N) is 1. The topological polar surface area (TPSA) is 94.5 Å². The van der Waals surface area contributed by atoms with Gasteiger partial charge in [-0.15, -0.1) is 0 Å². The number of anilines is 1. The van der Waals surface area contributed by atoms with Gasteiger partial charge < -0.3 is 24.1 Å². The standard InChI is InChI=1S/C31H31NO7/c1-5-37-24-12-8-20(16-23(24)18(2)3)29(33)27-28(19-6-10-22(36-4)11-7-19)32(31(35)30(27)34)21-9-13-25-26(17-21)39-15-14-38-25/h6-13,16-18,28,33H,5,14-15H2,1-4H3/b29-27+. The van der Waals surface area contributed by atoms with Crippen molar-refractivity contribution in [3.05, 3.63) is 82.9 Å². The molecule has 0 saturated carbocycles. The summed E-state index contributed by atoms with van der Waals surface area (Å²) in [4.78, 5) is 28.5. The number of Topliss-reactive ketones (excluding diaryl/α,β-unsaturated/α-hetero) is 1. The first-order valence-electron chi connectivity index (χ1n) is 13.0. The first-order valence-corrected chi connectivity index (χ1v) is 13.0. The molecule has 0 aliphatic carbocycles. The SMILES string of the molecule is CCOc1ccc(/C(O)=C2\C(=O)C(=O)N(c3ccc4c(c3)OCCO4)C2c2ccc(OC)cc2)cc1C(C)C. The minimum Gasteiger partial charge on any atom is -0.507 e. The Labute approximate surface area is 227 Å². The summed E-state index contributed by atoms with van der Waals surface area (Å²) in [6.07, 6.45) is 0. The molecule has 1 saturated heterocycles. The maximum atomic E-state index is 13.6. The van der Waals surface area contributed by atoms with Crippen molar-refractivity contribution in [3.63, 3.8) is 0 Å². The van der Waals surface area contributed by atoms with Gasteiger partial charge in [-0.05, 0) is 66.4 Å². The Morgan fingerprint density at radius 1 is 1.00 bits per heavy atom. The highest BCUT2D eigenvalue weighted by Gasteiger charge is 2.47. The number of hydrogen-bond donors (Lipinski definition) is 1. The third kappa shape index (κ3) is 4.78. The van der Waals surface area contributed by atoms with Crippen molar-refractivity contribution < 1.29 is 33.6 Å². The fraction of sp³-hybridized carbons (Fsp3) is 0.290. The highest BCUT2D eigenvalue weighted by molar-refractivity contribution is 6.51. The van der Waals surface area contributed by atoms with Gasteiger partial charge in [-0.1, -0.05) is 26.0 Å². The van der Waals surface area contributed by atoms with Crippen LogP contribution in [-0.2, 0) is 9.59 Å². The predicted octanol–water partition coefficient (Wildman–Crippen LogP) is 5.61. The zero-order chi connectivity index (χ0) is 27.7. The van der Waals surface area contributed by atoms with Gasteiger partial charge in [0, 0.05) is 17.3 Å². The van der Waals surface area contributed by atoms with Crippen molar-refractivity contribution in [1.82, 2.24) is 0 Å². The number of aliphatic hydroxyl groups excluding tert-OH is 1. The number of fused-ring (bicyclic) bond motifs is 1. The summed E-state index contributed by atoms with van der Waals surface area (Å²) in [5.41, 5.74) is 2.42. The molecular formula is C31H31NO7. The van der Waals surface area contributed by atoms with Gasteiger partial charge in [0.15, 0.2) is 11.5 Å². The monoisotopic (exact) mass is 529 g/mol. The zero-order valence-corrected chi connectivity index (χ0v) is 22.4. The highest BCUT2D eigenvalue weighted by Crippen LogP contribution is 2.45. The molecule has 0 aromatic heterocycles. The van der Waals surface area contributed by atoms with Gasteiger partial charge in [0.05, 0.1) is 25.3 Å². The van der Waals surface area contributed by atoms with Crippen LogP contribution in [0, 0.1) is 0 Å². The smallest absolute Gasteiger partial charge is 0.300 e. The molecule has 1 N–H and O–H groups in total. The van der Waals surface area contributed by atoms with Crippen LogP contribution in [0.1, 0.15) is 49.4 Å². The second-order valence-electron chi connectivity index (χ2n) is 9.61. The Hall–Kier alpha value is -4.46. The van der Waals surface area contributed by atoms with Crippen LogP contribution in [0.15, 0.2) is 66.2 Å². The third-order valence-electron chi connectivity index (χ3n) is 6.88. The number of amides is 1. The molecule has 3 aromatic rings. The first kappa shape index (κ1) is 26.2. The number of ether oxygens (including phenoxy) is 4. The summed E-state index contributed by atoms with van der Waals surface area (Å²) in [7, 11) is 1.56. The molecule has 0 spiro atoms. The Morgan fingerprint density at radius 3 is 2.38 bits per heavy atom. The van der Waals surface area contributed by atoms with Gasteiger partial charge in [0.1, 0.15) is 30.5 Å². The normalized spacial score (nSPS) is 18.0. The minimum absolute atomic E-state index is 0.000998. The van der Waals surface area contributed by atoms with E-state index in [9.17, 15) is 14.7 Å². The van der Waals surface area contributed by atoms with Crippen LogP contribution in [0.5, 0.6) is 23.0 Å². The summed E-state index contributed by atoms with van der Waals surface area (Å²) in [5.74, 6) is 0.735. The molecule has 2 aliphatic heterocycles. The number of hydrogen-bond acceptors (Lipinski definition) is 7. The number of benzene rings is 3. The Kier molecular flexibility index (Phi) is 7.19. The molecule has 1 fully saturated rings. The van der Waals surface area contributed by atoms with Gasteiger partial charge in [-0.3, -0.25) is 14.5 Å². The minimum atomic E-state index is -0.882. The largest absolute Gasteiger partial charge is 0.507 e. The van der Waals surface area contributed by atoms with Crippen molar-refractivity contribution in [2.75, 3.05) is 31.8 Å². The van der Waals surface area contributed by atoms with Crippen LogP contribution < -0.4 is 23.8 Å². The number of ketones is 1. The van der Waals surface area contributed by atoms with E-state index < -0.39 is 17.7 Å². The number of methoxy groups -OCH3 is 1. The Balaban J connectivity index is 1.68. The van der Waals surface area contributed by atoms with Crippen molar-refractivity contribution in [1.29, 1.82) is 0 Å². The van der Waals surface area contributed by atoms with Crippen molar-refractivity contribution in [2.45, 2.75) is 32.7 Å². The van der Waals surface area contributed by atoms with Gasteiger partial charge in [-0.25, -0.2) is 0 Å². The van der Waals surface area contributed by atoms with Gasteiger partial charge in [0.2, 0.25) is 0 Å². The molecule has 3 aromatic carbocycles. The summed E-state index contributed by atoms with van der Waals surface area (Å²) in [5, 5.41) is 11.6. The van der Waals surface area contributed by atoms with Crippen LogP contribution in [0.4, 0.5) is 5.69 Å². The molecular weight excluding hydrogens is 498 g/mol. The van der Waals surface area contributed by atoms with Crippen molar-refractivity contribution in [3.8, 4) is 23.0 Å². The Morgan fingerprint density at radius 2 is 1.72 bits per heavy atom. The molecule has 39 heavy (non-hydrogen) atoms. The lowest BCUT2D eigenvalue weighted by Crippen LogP contribution is -2.29. The summed E-state index contributed by atoms with van der Waals surface area (Å²) in [6.45, 7) is 7.28.